The molecule has 2 saturated carbocycles. The van der Waals surface area contributed by atoms with Crippen molar-refractivity contribution < 1.29 is 18.0 Å². The van der Waals surface area contributed by atoms with Crippen LogP contribution in [-0.4, -0.2) is 12.0 Å². The largest absolute Gasteiger partial charge is 0.389 e. The van der Waals surface area contributed by atoms with Gasteiger partial charge in [0.05, 0.1) is 6.42 Å². The maximum Gasteiger partial charge on any atom is 0.389 e. The molecule has 80 valence electrons. The fraction of sp³-hybridized carbons (Fsp3) is 0.900. The molecule has 0 heterocycles. The molecular formula is C10H13F3O. The van der Waals surface area contributed by atoms with Gasteiger partial charge in [-0.3, -0.25) is 4.79 Å². The molecule has 2 atom stereocenters. The van der Waals surface area contributed by atoms with E-state index < -0.39 is 12.6 Å². The predicted octanol–water partition coefficient (Wildman–Crippen LogP) is 2.94. The van der Waals surface area contributed by atoms with Crippen LogP contribution in [0.1, 0.15) is 32.1 Å². The number of carbonyl (C=O) groups excluding carboxylic acids is 1. The number of Topliss-reactive ketones (excluding diaryl/α,β-unsaturated/α-hetero) is 1. The molecule has 0 aromatic carbocycles. The molecule has 1 nitrogen and oxygen atoms in total. The van der Waals surface area contributed by atoms with Crippen molar-refractivity contribution in [3.05, 3.63) is 0 Å². The Morgan fingerprint density at radius 3 is 2.21 bits per heavy atom. The average Bonchev–Trinajstić information content (AvgIpc) is 2.68. The molecule has 0 saturated heterocycles. The number of fused-ring (bicyclic) bond motifs is 1. The van der Waals surface area contributed by atoms with Crippen molar-refractivity contribution in [1.82, 2.24) is 0 Å². The summed E-state index contributed by atoms with van der Waals surface area (Å²) in [4.78, 5) is 11.4. The Morgan fingerprint density at radius 2 is 1.71 bits per heavy atom. The van der Waals surface area contributed by atoms with Crippen molar-refractivity contribution in [2.45, 2.75) is 38.3 Å². The Bertz CT molecular complexity index is 236. The van der Waals surface area contributed by atoms with Gasteiger partial charge in [0.1, 0.15) is 5.78 Å². The highest BCUT2D eigenvalue weighted by molar-refractivity contribution is 5.81. The normalized spacial score (nSPS) is 35.5. The maximum atomic E-state index is 11.8. The van der Waals surface area contributed by atoms with E-state index in [9.17, 15) is 18.0 Å². The first-order valence-corrected chi connectivity index (χ1v) is 5.05. The second-order valence-electron chi connectivity index (χ2n) is 4.51. The van der Waals surface area contributed by atoms with E-state index in [1.165, 1.54) is 6.42 Å². The van der Waals surface area contributed by atoms with Gasteiger partial charge in [-0.15, -0.1) is 0 Å². The Hall–Kier alpha value is -0.540. The first-order valence-electron chi connectivity index (χ1n) is 5.05. The summed E-state index contributed by atoms with van der Waals surface area (Å²) in [6.45, 7) is 0. The van der Waals surface area contributed by atoms with Crippen molar-refractivity contribution >= 4 is 5.78 Å². The third-order valence-electron chi connectivity index (χ3n) is 3.35. The lowest BCUT2D eigenvalue weighted by Gasteiger charge is -2.11. The minimum Gasteiger partial charge on any atom is -0.299 e. The molecule has 2 fully saturated rings. The van der Waals surface area contributed by atoms with Crippen LogP contribution in [0.15, 0.2) is 0 Å². The van der Waals surface area contributed by atoms with Crippen LogP contribution in [0, 0.1) is 17.8 Å². The zero-order chi connectivity index (χ0) is 10.3. The zero-order valence-corrected chi connectivity index (χ0v) is 7.81. The van der Waals surface area contributed by atoms with E-state index in [2.05, 4.69) is 0 Å². The minimum atomic E-state index is -4.18. The fourth-order valence-corrected chi connectivity index (χ4v) is 2.45. The van der Waals surface area contributed by atoms with Crippen molar-refractivity contribution in [3.63, 3.8) is 0 Å². The zero-order valence-electron chi connectivity index (χ0n) is 7.81. The Balaban J connectivity index is 1.73. The molecule has 2 aliphatic carbocycles. The van der Waals surface area contributed by atoms with Gasteiger partial charge in [0.15, 0.2) is 0 Å². The third-order valence-corrected chi connectivity index (χ3v) is 3.35. The molecule has 2 aliphatic rings. The second kappa shape index (κ2) is 3.24. The summed E-state index contributed by atoms with van der Waals surface area (Å²) in [5.74, 6) is 1.10. The van der Waals surface area contributed by atoms with Crippen molar-refractivity contribution in [2.24, 2.45) is 17.8 Å². The van der Waals surface area contributed by atoms with Crippen molar-refractivity contribution in [1.29, 1.82) is 0 Å². The van der Waals surface area contributed by atoms with Gasteiger partial charge in [-0.05, 0) is 31.1 Å². The van der Waals surface area contributed by atoms with Crippen LogP contribution in [-0.2, 0) is 4.79 Å². The van der Waals surface area contributed by atoms with Gasteiger partial charge in [-0.2, -0.15) is 13.2 Å². The maximum absolute atomic E-state index is 11.8. The summed E-state index contributed by atoms with van der Waals surface area (Å²) in [5.41, 5.74) is 0. The van der Waals surface area contributed by atoms with Gasteiger partial charge in [0.25, 0.3) is 0 Å². The molecule has 14 heavy (non-hydrogen) atoms. The van der Waals surface area contributed by atoms with Gasteiger partial charge in [0, 0.05) is 12.3 Å². The quantitative estimate of drug-likeness (QED) is 0.693. The second-order valence-corrected chi connectivity index (χ2v) is 4.51. The van der Waals surface area contributed by atoms with Crippen LogP contribution in [0.4, 0.5) is 13.2 Å². The lowest BCUT2D eigenvalue weighted by atomic mass is 9.95. The number of halogens is 3. The van der Waals surface area contributed by atoms with Crippen molar-refractivity contribution in [2.75, 3.05) is 0 Å². The molecule has 0 radical (unpaired) electrons. The van der Waals surface area contributed by atoms with Gasteiger partial charge >= 0.3 is 6.18 Å². The highest BCUT2D eigenvalue weighted by Crippen LogP contribution is 2.54. The van der Waals surface area contributed by atoms with E-state index in [0.29, 0.717) is 11.8 Å². The van der Waals surface area contributed by atoms with Crippen LogP contribution in [0.5, 0.6) is 0 Å². The first kappa shape index (κ1) is 9.99. The lowest BCUT2D eigenvalue weighted by molar-refractivity contribution is -0.144. The molecule has 0 aromatic rings. The number of alkyl halides is 3. The molecule has 0 aromatic heterocycles. The topological polar surface area (TPSA) is 17.1 Å². The molecule has 2 rings (SSSR count). The number of carbonyl (C=O) groups is 1. The van der Waals surface area contributed by atoms with Crippen molar-refractivity contribution in [3.8, 4) is 0 Å². The molecule has 2 unspecified atom stereocenters. The van der Waals surface area contributed by atoms with E-state index in [-0.39, 0.29) is 18.1 Å². The van der Waals surface area contributed by atoms with E-state index in [1.807, 2.05) is 0 Å². The average molecular weight is 206 g/mol. The molecule has 4 heteroatoms. The van der Waals surface area contributed by atoms with Crippen LogP contribution in [0.25, 0.3) is 0 Å². The molecular weight excluding hydrogens is 193 g/mol. The summed E-state index contributed by atoms with van der Waals surface area (Å²) >= 11 is 0. The van der Waals surface area contributed by atoms with Gasteiger partial charge in [-0.1, -0.05) is 0 Å². The highest BCUT2D eigenvalue weighted by atomic mass is 19.4. The van der Waals surface area contributed by atoms with Crippen LogP contribution >= 0.6 is 0 Å². The highest BCUT2D eigenvalue weighted by Gasteiger charge is 2.47. The minimum absolute atomic E-state index is 0.0545. The fourth-order valence-electron chi connectivity index (χ4n) is 2.45. The smallest absolute Gasteiger partial charge is 0.299 e. The summed E-state index contributed by atoms with van der Waals surface area (Å²) < 4.78 is 35.5. The molecule has 0 aliphatic heterocycles. The van der Waals surface area contributed by atoms with Crippen LogP contribution in [0.3, 0.4) is 0 Å². The number of hydrogen-bond donors (Lipinski definition) is 0. The van der Waals surface area contributed by atoms with Crippen LogP contribution < -0.4 is 0 Å². The third kappa shape index (κ3) is 2.28. The summed E-state index contributed by atoms with van der Waals surface area (Å²) in [6.07, 6.45) is -2.55. The lowest BCUT2D eigenvalue weighted by Crippen LogP contribution is -2.16. The SMILES string of the molecule is O=C(CCC(F)(F)F)C1CC2CC2C1. The van der Waals surface area contributed by atoms with E-state index in [0.717, 1.165) is 12.8 Å². The summed E-state index contributed by atoms with van der Waals surface area (Å²) in [7, 11) is 0. The summed E-state index contributed by atoms with van der Waals surface area (Å²) in [5, 5.41) is 0. The van der Waals surface area contributed by atoms with Gasteiger partial charge in [-0.25, -0.2) is 0 Å². The van der Waals surface area contributed by atoms with E-state index >= 15 is 0 Å². The summed E-state index contributed by atoms with van der Waals surface area (Å²) in [6, 6.07) is 0. The monoisotopic (exact) mass is 206 g/mol. The van der Waals surface area contributed by atoms with Gasteiger partial charge in [0.2, 0.25) is 0 Å². The van der Waals surface area contributed by atoms with Crippen LogP contribution in [0.2, 0.25) is 0 Å². The van der Waals surface area contributed by atoms with E-state index in [4.69, 9.17) is 0 Å². The Morgan fingerprint density at radius 1 is 1.14 bits per heavy atom. The first-order chi connectivity index (χ1) is 6.46. The van der Waals surface area contributed by atoms with Gasteiger partial charge < -0.3 is 0 Å². The number of rotatable bonds is 3. The predicted molar refractivity (Wildman–Crippen MR) is 44.6 cm³/mol. The number of hydrogen-bond acceptors (Lipinski definition) is 1. The number of ketones is 1. The molecule has 0 amide bonds. The Labute approximate surface area is 80.7 Å². The Kier molecular flexibility index (Phi) is 2.32. The molecule has 0 spiro atoms. The molecule has 0 N–H and O–H groups in total. The van der Waals surface area contributed by atoms with E-state index in [1.54, 1.807) is 0 Å². The standard InChI is InChI=1S/C10H13F3O/c11-10(12,13)2-1-9(14)8-4-6-3-7(6)5-8/h6-8H,1-5H2. The molecule has 0 bridgehead atoms.